The largest absolute Gasteiger partial charge is 0.398 e. The summed E-state index contributed by atoms with van der Waals surface area (Å²) < 4.78 is 39.3. The smallest absolute Gasteiger partial charge is 0.267 e. The van der Waals surface area contributed by atoms with Crippen LogP contribution in [0, 0.1) is 5.82 Å². The van der Waals surface area contributed by atoms with Crippen molar-refractivity contribution < 1.29 is 12.8 Å². The van der Waals surface area contributed by atoms with E-state index in [2.05, 4.69) is 0 Å². The van der Waals surface area contributed by atoms with Crippen LogP contribution in [0.15, 0.2) is 41.3 Å². The van der Waals surface area contributed by atoms with Gasteiger partial charge in [-0.15, -0.1) is 0 Å². The first kappa shape index (κ1) is 15.9. The standard InChI is InChI=1S/C13H11Cl2FN2O2S/c1-18(10-4-2-3-9(16)7-10)21(19,20)13-11(15)5-8(14)6-12(13)17/h2-7H,17H2,1H3. The fourth-order valence-electron chi connectivity index (χ4n) is 1.80. The molecule has 0 aliphatic rings. The van der Waals surface area contributed by atoms with E-state index in [0.717, 1.165) is 10.4 Å². The second-order valence-corrected chi connectivity index (χ2v) is 7.01. The second-order valence-electron chi connectivity index (χ2n) is 4.26. The van der Waals surface area contributed by atoms with Crippen molar-refractivity contribution in [2.75, 3.05) is 17.1 Å². The summed E-state index contributed by atoms with van der Waals surface area (Å²) in [6, 6.07) is 7.75. The molecule has 2 N–H and O–H groups in total. The first-order valence-corrected chi connectivity index (χ1v) is 7.92. The van der Waals surface area contributed by atoms with Crippen molar-refractivity contribution in [3.05, 3.63) is 52.3 Å². The molecule has 0 heterocycles. The van der Waals surface area contributed by atoms with Crippen molar-refractivity contribution in [3.8, 4) is 0 Å². The minimum atomic E-state index is -4.04. The second kappa shape index (κ2) is 5.71. The number of nitrogens with two attached hydrogens (primary N) is 1. The van der Waals surface area contributed by atoms with Gasteiger partial charge < -0.3 is 5.73 Å². The Labute approximate surface area is 131 Å². The maximum Gasteiger partial charge on any atom is 0.267 e. The first-order chi connectivity index (χ1) is 9.73. The highest BCUT2D eigenvalue weighted by molar-refractivity contribution is 7.93. The zero-order valence-corrected chi connectivity index (χ0v) is 13.2. The quantitative estimate of drug-likeness (QED) is 0.862. The number of anilines is 2. The molecule has 0 atom stereocenters. The molecular weight excluding hydrogens is 338 g/mol. The molecule has 0 aromatic heterocycles. The Hall–Kier alpha value is -1.50. The summed E-state index contributed by atoms with van der Waals surface area (Å²) in [6.07, 6.45) is 0. The fourth-order valence-corrected chi connectivity index (χ4v) is 3.93. The molecule has 2 aromatic carbocycles. The Balaban J connectivity index is 2.57. The lowest BCUT2D eigenvalue weighted by Crippen LogP contribution is -2.27. The Morgan fingerprint density at radius 2 is 1.86 bits per heavy atom. The van der Waals surface area contributed by atoms with E-state index in [1.165, 1.54) is 37.4 Å². The van der Waals surface area contributed by atoms with E-state index >= 15 is 0 Å². The predicted octanol–water partition coefficient (Wildman–Crippen LogP) is 3.54. The third-order valence-corrected chi connectivity index (χ3v) is 5.36. The minimum absolute atomic E-state index is 0.0734. The molecule has 21 heavy (non-hydrogen) atoms. The molecule has 0 aliphatic carbocycles. The topological polar surface area (TPSA) is 63.4 Å². The number of hydrogen-bond acceptors (Lipinski definition) is 3. The van der Waals surface area contributed by atoms with Crippen molar-refractivity contribution in [2.24, 2.45) is 0 Å². The third-order valence-electron chi connectivity index (χ3n) is 2.83. The number of rotatable bonds is 3. The minimum Gasteiger partial charge on any atom is -0.398 e. The van der Waals surface area contributed by atoms with Crippen molar-refractivity contribution >= 4 is 44.6 Å². The molecule has 2 aromatic rings. The van der Waals surface area contributed by atoms with Crippen molar-refractivity contribution in [3.63, 3.8) is 0 Å². The van der Waals surface area contributed by atoms with Gasteiger partial charge in [0.05, 0.1) is 16.4 Å². The molecule has 0 saturated heterocycles. The van der Waals surface area contributed by atoms with Gasteiger partial charge in [-0.1, -0.05) is 29.3 Å². The van der Waals surface area contributed by atoms with Crippen molar-refractivity contribution in [1.29, 1.82) is 0 Å². The van der Waals surface area contributed by atoms with Crippen LogP contribution in [0.2, 0.25) is 10.0 Å². The van der Waals surface area contributed by atoms with Gasteiger partial charge in [-0.25, -0.2) is 12.8 Å². The third kappa shape index (κ3) is 3.07. The van der Waals surface area contributed by atoms with Crippen molar-refractivity contribution in [2.45, 2.75) is 4.90 Å². The molecular formula is C13H11Cl2FN2O2S. The van der Waals surface area contributed by atoms with E-state index in [4.69, 9.17) is 28.9 Å². The monoisotopic (exact) mass is 348 g/mol. The average molecular weight is 349 g/mol. The van der Waals surface area contributed by atoms with Gasteiger partial charge in [-0.2, -0.15) is 0 Å². The van der Waals surface area contributed by atoms with Gasteiger partial charge >= 0.3 is 0 Å². The molecule has 0 spiro atoms. The zero-order valence-electron chi connectivity index (χ0n) is 10.8. The maximum absolute atomic E-state index is 13.2. The lowest BCUT2D eigenvalue weighted by Gasteiger charge is -2.21. The maximum atomic E-state index is 13.2. The molecule has 112 valence electrons. The Morgan fingerprint density at radius 3 is 2.43 bits per heavy atom. The van der Waals surface area contributed by atoms with E-state index in [1.807, 2.05) is 0 Å². The summed E-state index contributed by atoms with van der Waals surface area (Å²) in [5.74, 6) is -0.551. The van der Waals surface area contributed by atoms with Crippen LogP contribution in [0.1, 0.15) is 0 Å². The highest BCUT2D eigenvalue weighted by Crippen LogP contribution is 2.34. The lowest BCUT2D eigenvalue weighted by atomic mass is 10.3. The first-order valence-electron chi connectivity index (χ1n) is 5.72. The molecule has 0 saturated carbocycles. The molecule has 0 unspecified atom stereocenters. The molecule has 2 rings (SSSR count). The van der Waals surface area contributed by atoms with Gasteiger partial charge in [0.1, 0.15) is 10.7 Å². The van der Waals surface area contributed by atoms with Gasteiger partial charge in [0.25, 0.3) is 10.0 Å². The molecule has 0 bridgehead atoms. The lowest BCUT2D eigenvalue weighted by molar-refractivity contribution is 0.594. The summed E-state index contributed by atoms with van der Waals surface area (Å²) in [6.45, 7) is 0. The number of halogens is 3. The van der Waals surface area contributed by atoms with E-state index in [0.29, 0.717) is 0 Å². The van der Waals surface area contributed by atoms with Crippen LogP contribution in [0.25, 0.3) is 0 Å². The fraction of sp³-hybridized carbons (Fsp3) is 0.0769. The highest BCUT2D eigenvalue weighted by Gasteiger charge is 2.27. The summed E-state index contributed by atoms with van der Waals surface area (Å²) in [5, 5.41) is 0.133. The number of hydrogen-bond donors (Lipinski definition) is 1. The van der Waals surface area contributed by atoms with Crippen LogP contribution in [-0.4, -0.2) is 15.5 Å². The van der Waals surface area contributed by atoms with Crippen LogP contribution >= 0.6 is 23.2 Å². The Morgan fingerprint density at radius 1 is 1.19 bits per heavy atom. The summed E-state index contributed by atoms with van der Waals surface area (Å²) in [4.78, 5) is -0.264. The highest BCUT2D eigenvalue weighted by atomic mass is 35.5. The summed E-state index contributed by atoms with van der Waals surface area (Å²) >= 11 is 11.7. The molecule has 0 amide bonds. The Kier molecular flexibility index (Phi) is 4.32. The van der Waals surface area contributed by atoms with Gasteiger partial charge in [0, 0.05) is 12.1 Å². The number of nitrogens with zero attached hydrogens (tertiary/aromatic N) is 1. The summed E-state index contributed by atoms with van der Waals surface area (Å²) in [5.41, 5.74) is 5.79. The SMILES string of the molecule is CN(c1cccc(F)c1)S(=O)(=O)c1c(N)cc(Cl)cc1Cl. The molecule has 8 heteroatoms. The Bertz CT molecular complexity index is 774. The number of sulfonamides is 1. The van der Waals surface area contributed by atoms with Crippen molar-refractivity contribution in [1.82, 2.24) is 0 Å². The van der Waals surface area contributed by atoms with E-state index < -0.39 is 15.8 Å². The molecule has 0 radical (unpaired) electrons. The molecule has 0 aliphatic heterocycles. The van der Waals surface area contributed by atoms with Crippen LogP contribution in [0.5, 0.6) is 0 Å². The van der Waals surface area contributed by atoms with Gasteiger partial charge in [-0.3, -0.25) is 4.31 Å². The van der Waals surface area contributed by atoms with Crippen LogP contribution in [-0.2, 0) is 10.0 Å². The zero-order chi connectivity index (χ0) is 15.8. The number of benzene rings is 2. The van der Waals surface area contributed by atoms with Crippen LogP contribution in [0.4, 0.5) is 15.8 Å². The van der Waals surface area contributed by atoms with Gasteiger partial charge in [0.15, 0.2) is 0 Å². The van der Waals surface area contributed by atoms with E-state index in [-0.39, 0.29) is 26.3 Å². The molecule has 4 nitrogen and oxygen atoms in total. The van der Waals surface area contributed by atoms with Crippen LogP contribution < -0.4 is 10.0 Å². The van der Waals surface area contributed by atoms with Crippen LogP contribution in [0.3, 0.4) is 0 Å². The number of nitrogen functional groups attached to an aromatic ring is 1. The summed E-state index contributed by atoms with van der Waals surface area (Å²) in [7, 11) is -2.75. The normalized spacial score (nSPS) is 11.4. The predicted molar refractivity (Wildman–Crippen MR) is 82.9 cm³/mol. The molecule has 0 fully saturated rings. The van der Waals surface area contributed by atoms with E-state index in [9.17, 15) is 12.8 Å². The van der Waals surface area contributed by atoms with Gasteiger partial charge in [-0.05, 0) is 30.3 Å². The van der Waals surface area contributed by atoms with Gasteiger partial charge in [0.2, 0.25) is 0 Å². The average Bonchev–Trinajstić information content (AvgIpc) is 2.36. The van der Waals surface area contributed by atoms with E-state index in [1.54, 1.807) is 0 Å².